The van der Waals surface area contributed by atoms with Crippen LogP contribution in [0.15, 0.2) is 16.9 Å². The minimum atomic E-state index is -0.755. The van der Waals surface area contributed by atoms with Crippen LogP contribution in [0, 0.1) is 0 Å². The van der Waals surface area contributed by atoms with Crippen molar-refractivity contribution in [1.29, 1.82) is 0 Å². The largest absolute Gasteiger partial charge is 0.481 e. The van der Waals surface area contributed by atoms with Gasteiger partial charge in [0.1, 0.15) is 0 Å². The SMILES string of the molecule is CC1(C(=O)O)CCCc2cocc21. The summed E-state index contributed by atoms with van der Waals surface area (Å²) in [6.07, 6.45) is 5.80. The maximum absolute atomic E-state index is 11.1. The molecule has 3 nitrogen and oxygen atoms in total. The van der Waals surface area contributed by atoms with E-state index in [-0.39, 0.29) is 0 Å². The van der Waals surface area contributed by atoms with Gasteiger partial charge in [-0.3, -0.25) is 4.79 Å². The molecule has 1 atom stereocenters. The summed E-state index contributed by atoms with van der Waals surface area (Å²) < 4.78 is 5.05. The van der Waals surface area contributed by atoms with E-state index in [1.54, 1.807) is 19.5 Å². The summed E-state index contributed by atoms with van der Waals surface area (Å²) in [5, 5.41) is 9.12. The summed E-state index contributed by atoms with van der Waals surface area (Å²) in [7, 11) is 0. The molecule has 0 aromatic carbocycles. The van der Waals surface area contributed by atoms with Crippen LogP contribution in [0.25, 0.3) is 0 Å². The lowest BCUT2D eigenvalue weighted by Crippen LogP contribution is -2.35. The minimum Gasteiger partial charge on any atom is -0.481 e. The van der Waals surface area contributed by atoms with Crippen molar-refractivity contribution < 1.29 is 14.3 Å². The Labute approximate surface area is 76.4 Å². The highest BCUT2D eigenvalue weighted by Gasteiger charge is 2.40. The molecule has 1 N–H and O–H groups in total. The van der Waals surface area contributed by atoms with Gasteiger partial charge in [-0.2, -0.15) is 0 Å². The number of aliphatic carboxylic acids is 1. The fourth-order valence-corrected chi connectivity index (χ4v) is 1.99. The quantitative estimate of drug-likeness (QED) is 0.718. The number of furan rings is 1. The van der Waals surface area contributed by atoms with E-state index in [2.05, 4.69) is 0 Å². The summed E-state index contributed by atoms with van der Waals surface area (Å²) in [6, 6.07) is 0. The van der Waals surface area contributed by atoms with E-state index < -0.39 is 11.4 Å². The van der Waals surface area contributed by atoms with Gasteiger partial charge in [-0.15, -0.1) is 0 Å². The Bertz CT molecular complexity index is 340. The Morgan fingerprint density at radius 2 is 2.38 bits per heavy atom. The molecule has 70 valence electrons. The molecule has 1 aliphatic carbocycles. The van der Waals surface area contributed by atoms with Gasteiger partial charge in [-0.1, -0.05) is 0 Å². The molecule has 1 aromatic rings. The first-order valence-corrected chi connectivity index (χ1v) is 4.43. The average molecular weight is 180 g/mol. The monoisotopic (exact) mass is 180 g/mol. The molecule has 13 heavy (non-hydrogen) atoms. The molecule has 1 aromatic heterocycles. The molecular weight excluding hydrogens is 168 g/mol. The van der Waals surface area contributed by atoms with Gasteiger partial charge in [0.15, 0.2) is 0 Å². The van der Waals surface area contributed by atoms with Gasteiger partial charge in [0.2, 0.25) is 0 Å². The van der Waals surface area contributed by atoms with Crippen LogP contribution in [0.4, 0.5) is 0 Å². The van der Waals surface area contributed by atoms with Crippen molar-refractivity contribution in [2.75, 3.05) is 0 Å². The average Bonchev–Trinajstić information content (AvgIpc) is 2.53. The van der Waals surface area contributed by atoms with Gasteiger partial charge in [0.25, 0.3) is 0 Å². The summed E-state index contributed by atoms with van der Waals surface area (Å²) in [6.45, 7) is 1.77. The zero-order valence-corrected chi connectivity index (χ0v) is 7.54. The molecule has 0 bridgehead atoms. The number of carboxylic acid groups (broad SMARTS) is 1. The van der Waals surface area contributed by atoms with E-state index in [4.69, 9.17) is 9.52 Å². The van der Waals surface area contributed by atoms with E-state index in [0.717, 1.165) is 24.0 Å². The summed E-state index contributed by atoms with van der Waals surface area (Å²) in [5.41, 5.74) is 1.17. The van der Waals surface area contributed by atoms with Crippen molar-refractivity contribution >= 4 is 5.97 Å². The summed E-state index contributed by atoms with van der Waals surface area (Å²) >= 11 is 0. The number of rotatable bonds is 1. The normalized spacial score (nSPS) is 26.8. The Morgan fingerprint density at radius 3 is 3.08 bits per heavy atom. The molecule has 0 radical (unpaired) electrons. The van der Waals surface area contributed by atoms with E-state index in [1.807, 2.05) is 0 Å². The third kappa shape index (κ3) is 1.07. The van der Waals surface area contributed by atoms with E-state index in [9.17, 15) is 4.79 Å². The maximum atomic E-state index is 11.1. The maximum Gasteiger partial charge on any atom is 0.313 e. The molecule has 0 saturated carbocycles. The number of fused-ring (bicyclic) bond motifs is 1. The third-order valence-electron chi connectivity index (χ3n) is 2.93. The summed E-state index contributed by atoms with van der Waals surface area (Å²) in [5.74, 6) is -0.755. The molecular formula is C10H12O3. The third-order valence-corrected chi connectivity index (χ3v) is 2.93. The highest BCUT2D eigenvalue weighted by Crippen LogP contribution is 2.37. The van der Waals surface area contributed by atoms with Crippen LogP contribution in [0.3, 0.4) is 0 Å². The van der Waals surface area contributed by atoms with Gasteiger partial charge in [0.05, 0.1) is 17.9 Å². The van der Waals surface area contributed by atoms with Crippen LogP contribution in [0.1, 0.15) is 30.9 Å². The van der Waals surface area contributed by atoms with Gasteiger partial charge >= 0.3 is 5.97 Å². The van der Waals surface area contributed by atoms with Crippen molar-refractivity contribution in [1.82, 2.24) is 0 Å². The van der Waals surface area contributed by atoms with Gasteiger partial charge in [0, 0.05) is 5.56 Å². The number of hydrogen-bond donors (Lipinski definition) is 1. The van der Waals surface area contributed by atoms with E-state index in [0.29, 0.717) is 6.42 Å². The molecule has 3 heteroatoms. The first kappa shape index (κ1) is 8.35. The Hall–Kier alpha value is -1.25. The molecule has 0 saturated heterocycles. The topological polar surface area (TPSA) is 50.4 Å². The first-order chi connectivity index (χ1) is 6.14. The number of carbonyl (C=O) groups is 1. The zero-order chi connectivity index (χ0) is 9.47. The second-order valence-electron chi connectivity index (χ2n) is 3.80. The zero-order valence-electron chi connectivity index (χ0n) is 7.54. The standard InChI is InChI=1S/C10H12O3/c1-10(9(11)12)4-2-3-7-5-13-6-8(7)10/h5-6H,2-4H2,1H3,(H,11,12). The van der Waals surface area contributed by atoms with Crippen molar-refractivity contribution in [3.63, 3.8) is 0 Å². The number of aryl methyl sites for hydroxylation is 1. The van der Waals surface area contributed by atoms with Crippen molar-refractivity contribution in [2.45, 2.75) is 31.6 Å². The highest BCUT2D eigenvalue weighted by molar-refractivity contribution is 5.81. The predicted molar refractivity (Wildman–Crippen MR) is 46.6 cm³/mol. The fraction of sp³-hybridized carbons (Fsp3) is 0.500. The van der Waals surface area contributed by atoms with Crippen LogP contribution in [-0.4, -0.2) is 11.1 Å². The molecule has 2 rings (SSSR count). The van der Waals surface area contributed by atoms with Gasteiger partial charge < -0.3 is 9.52 Å². The molecule has 1 unspecified atom stereocenters. The molecule has 1 aliphatic rings. The molecule has 0 spiro atoms. The smallest absolute Gasteiger partial charge is 0.313 e. The molecule has 1 heterocycles. The lowest BCUT2D eigenvalue weighted by Gasteiger charge is -2.28. The summed E-state index contributed by atoms with van der Waals surface area (Å²) in [4.78, 5) is 11.1. The van der Waals surface area contributed by atoms with Crippen LogP contribution in [0.5, 0.6) is 0 Å². The molecule has 0 aliphatic heterocycles. The second-order valence-corrected chi connectivity index (χ2v) is 3.80. The van der Waals surface area contributed by atoms with Crippen LogP contribution >= 0.6 is 0 Å². The minimum absolute atomic E-state index is 0.703. The van der Waals surface area contributed by atoms with Crippen molar-refractivity contribution in [2.24, 2.45) is 0 Å². The lowest BCUT2D eigenvalue weighted by atomic mass is 9.73. The van der Waals surface area contributed by atoms with E-state index in [1.165, 1.54) is 0 Å². The van der Waals surface area contributed by atoms with Crippen molar-refractivity contribution in [3.05, 3.63) is 23.7 Å². The number of carboxylic acids is 1. The fourth-order valence-electron chi connectivity index (χ4n) is 1.99. The van der Waals surface area contributed by atoms with Crippen molar-refractivity contribution in [3.8, 4) is 0 Å². The number of hydrogen-bond acceptors (Lipinski definition) is 2. The van der Waals surface area contributed by atoms with Crippen LogP contribution < -0.4 is 0 Å². The Balaban J connectivity index is 2.51. The molecule has 0 amide bonds. The van der Waals surface area contributed by atoms with Gasteiger partial charge in [-0.25, -0.2) is 0 Å². The Kier molecular flexibility index (Phi) is 1.68. The molecule has 0 fully saturated rings. The first-order valence-electron chi connectivity index (χ1n) is 4.43. The van der Waals surface area contributed by atoms with Crippen LogP contribution in [-0.2, 0) is 16.6 Å². The van der Waals surface area contributed by atoms with Gasteiger partial charge in [-0.05, 0) is 31.7 Å². The lowest BCUT2D eigenvalue weighted by molar-refractivity contribution is -0.143. The predicted octanol–water partition coefficient (Wildman–Crippen LogP) is 1.96. The highest BCUT2D eigenvalue weighted by atomic mass is 16.4. The van der Waals surface area contributed by atoms with Crippen LogP contribution in [0.2, 0.25) is 0 Å². The second kappa shape index (κ2) is 2.62. The van der Waals surface area contributed by atoms with E-state index >= 15 is 0 Å². The Morgan fingerprint density at radius 1 is 1.62 bits per heavy atom.